The first-order valence-corrected chi connectivity index (χ1v) is 11.9. The Morgan fingerprint density at radius 3 is 1.41 bits per heavy atom. The average Bonchev–Trinajstić information content (AvgIpc) is 2.74. The van der Waals surface area contributed by atoms with Crippen LogP contribution in [0.5, 0.6) is 0 Å². The summed E-state index contributed by atoms with van der Waals surface area (Å²) < 4.78 is 0. The van der Waals surface area contributed by atoms with Crippen LogP contribution in [0.4, 0.5) is 0 Å². The monoisotopic (exact) mass is 380 g/mol. The normalized spacial score (nSPS) is 13.3. The molecule has 0 aliphatic rings. The fourth-order valence-electron chi connectivity index (χ4n) is 3.97. The first kappa shape index (κ1) is 19.8. The van der Waals surface area contributed by atoms with Gasteiger partial charge in [-0.3, -0.25) is 0 Å². The van der Waals surface area contributed by atoms with Crippen LogP contribution in [0.1, 0.15) is 19.3 Å². The van der Waals surface area contributed by atoms with Gasteiger partial charge in [-0.25, -0.2) is 0 Å². The van der Waals surface area contributed by atoms with Crippen LogP contribution >= 0.6 is 7.26 Å². The van der Waals surface area contributed by atoms with Gasteiger partial charge in [-0.2, -0.15) is 0 Å². The molecule has 0 spiro atoms. The first-order valence-electron chi connectivity index (χ1n) is 9.73. The summed E-state index contributed by atoms with van der Waals surface area (Å²) in [4.78, 5) is 0. The van der Waals surface area contributed by atoms with E-state index in [-0.39, 0.29) is 12.7 Å². The molecule has 2 nitrogen and oxygen atoms in total. The summed E-state index contributed by atoms with van der Waals surface area (Å²) in [6, 6.07) is 32.0. The molecule has 3 rings (SSSR count). The summed E-state index contributed by atoms with van der Waals surface area (Å²) in [5.41, 5.74) is 0. The molecule has 27 heavy (non-hydrogen) atoms. The second-order valence-electron chi connectivity index (χ2n) is 7.08. The molecule has 0 bridgehead atoms. The molecule has 142 valence electrons. The average molecular weight is 380 g/mol. The second-order valence-corrected chi connectivity index (χ2v) is 11.0. The summed E-state index contributed by atoms with van der Waals surface area (Å²) in [7, 11) is -2.36. The van der Waals surface area contributed by atoms with Gasteiger partial charge < -0.3 is 0 Å². The topological polar surface area (TPSA) is 40.5 Å². The molecule has 3 aromatic rings. The number of benzene rings is 3. The van der Waals surface area contributed by atoms with E-state index >= 15 is 0 Å². The Balaban J connectivity index is 2.11. The maximum absolute atomic E-state index is 10.9. The van der Waals surface area contributed by atoms with E-state index in [1.54, 1.807) is 0 Å². The molecule has 0 aromatic heterocycles. The molecule has 0 radical (unpaired) electrons. The molecule has 0 saturated heterocycles. The van der Waals surface area contributed by atoms with E-state index in [1.807, 2.05) is 0 Å². The van der Waals surface area contributed by atoms with Crippen molar-refractivity contribution < 1.29 is 10.2 Å². The van der Waals surface area contributed by atoms with Crippen LogP contribution < -0.4 is 15.9 Å². The Bertz CT molecular complexity index is 694. The van der Waals surface area contributed by atoms with Crippen molar-refractivity contribution in [3.63, 3.8) is 0 Å². The van der Waals surface area contributed by atoms with E-state index in [2.05, 4.69) is 91.0 Å². The maximum atomic E-state index is 10.9. The van der Waals surface area contributed by atoms with Gasteiger partial charge in [-0.1, -0.05) is 0 Å². The molecule has 1 atom stereocenters. The van der Waals surface area contributed by atoms with Crippen LogP contribution in [-0.2, 0) is 0 Å². The summed E-state index contributed by atoms with van der Waals surface area (Å²) in [6.07, 6.45) is 2.68. The van der Waals surface area contributed by atoms with Crippen molar-refractivity contribution in [2.75, 3.05) is 12.8 Å². The Morgan fingerprint density at radius 2 is 1.04 bits per heavy atom. The van der Waals surface area contributed by atoms with E-state index in [4.69, 9.17) is 5.11 Å². The standard InChI is InChI=1S/C24H29O2P/c25-19-11-10-12-21(26)20-27(22-13-4-1-5-14-22,23-15-6-2-7-16-23)24-17-8-3-9-18-24/h1-9,13-18,21,25-27H,10-12,19-20H2. The van der Waals surface area contributed by atoms with Crippen molar-refractivity contribution in [2.45, 2.75) is 25.4 Å². The van der Waals surface area contributed by atoms with Crippen LogP contribution in [0.3, 0.4) is 0 Å². The molecule has 2 N–H and O–H groups in total. The zero-order valence-corrected chi connectivity index (χ0v) is 16.7. The van der Waals surface area contributed by atoms with Crippen molar-refractivity contribution in [1.29, 1.82) is 0 Å². The van der Waals surface area contributed by atoms with E-state index in [0.29, 0.717) is 0 Å². The van der Waals surface area contributed by atoms with E-state index < -0.39 is 7.26 Å². The van der Waals surface area contributed by atoms with E-state index in [1.165, 1.54) is 15.9 Å². The first-order chi connectivity index (χ1) is 13.3. The van der Waals surface area contributed by atoms with Crippen LogP contribution in [0.15, 0.2) is 91.0 Å². The van der Waals surface area contributed by atoms with Gasteiger partial charge >= 0.3 is 163 Å². The Labute approximate surface area is 162 Å². The molecule has 1 unspecified atom stereocenters. The Kier molecular flexibility index (Phi) is 7.18. The van der Waals surface area contributed by atoms with Gasteiger partial charge in [0.05, 0.1) is 0 Å². The molecule has 3 heteroatoms. The van der Waals surface area contributed by atoms with E-state index in [9.17, 15) is 5.11 Å². The summed E-state index contributed by atoms with van der Waals surface area (Å²) in [6.45, 7) is 0.186. The summed E-state index contributed by atoms with van der Waals surface area (Å²) in [5.74, 6) is 0. The van der Waals surface area contributed by atoms with Gasteiger partial charge in [0.25, 0.3) is 0 Å². The SMILES string of the molecule is OCCCCC(O)C[PH](c1ccccc1)(c1ccccc1)c1ccccc1. The Hall–Kier alpha value is -1.99. The zero-order valence-electron chi connectivity index (χ0n) is 15.7. The van der Waals surface area contributed by atoms with Crippen molar-refractivity contribution in [3.05, 3.63) is 91.0 Å². The number of rotatable bonds is 9. The fraction of sp³-hybridized carbons (Fsp3) is 0.250. The van der Waals surface area contributed by atoms with Crippen LogP contribution in [-0.4, -0.2) is 29.1 Å². The molecule has 0 aliphatic heterocycles. The number of aliphatic hydroxyl groups is 2. The van der Waals surface area contributed by atoms with Crippen LogP contribution in [0.25, 0.3) is 0 Å². The van der Waals surface area contributed by atoms with Crippen molar-refractivity contribution in [2.24, 2.45) is 0 Å². The van der Waals surface area contributed by atoms with Crippen molar-refractivity contribution in [3.8, 4) is 0 Å². The molecule has 3 aromatic carbocycles. The fourth-order valence-corrected chi connectivity index (χ4v) is 8.87. The minimum absolute atomic E-state index is 0.186. The van der Waals surface area contributed by atoms with Crippen molar-refractivity contribution >= 4 is 23.2 Å². The third-order valence-corrected chi connectivity index (χ3v) is 10.3. The third kappa shape index (κ3) is 4.65. The van der Waals surface area contributed by atoms with Gasteiger partial charge in [0, 0.05) is 0 Å². The number of unbranched alkanes of at least 4 members (excludes halogenated alkanes) is 1. The van der Waals surface area contributed by atoms with Gasteiger partial charge in [0.1, 0.15) is 0 Å². The molecule has 0 heterocycles. The van der Waals surface area contributed by atoms with Crippen molar-refractivity contribution in [1.82, 2.24) is 0 Å². The van der Waals surface area contributed by atoms with Gasteiger partial charge in [-0.15, -0.1) is 0 Å². The van der Waals surface area contributed by atoms with Gasteiger partial charge in [0.2, 0.25) is 0 Å². The number of aliphatic hydroxyl groups excluding tert-OH is 2. The van der Waals surface area contributed by atoms with E-state index in [0.717, 1.165) is 25.4 Å². The number of hydrogen-bond donors (Lipinski definition) is 2. The third-order valence-electron chi connectivity index (χ3n) is 5.29. The molecule has 0 fully saturated rings. The molecule has 0 saturated carbocycles. The second kappa shape index (κ2) is 9.80. The summed E-state index contributed by atoms with van der Waals surface area (Å²) in [5, 5.41) is 24.0. The van der Waals surface area contributed by atoms with Gasteiger partial charge in [-0.05, 0) is 0 Å². The molecular weight excluding hydrogens is 351 g/mol. The zero-order chi connectivity index (χ0) is 19.0. The molecule has 0 aliphatic carbocycles. The van der Waals surface area contributed by atoms with Gasteiger partial charge in [0.15, 0.2) is 0 Å². The van der Waals surface area contributed by atoms with Crippen LogP contribution in [0, 0.1) is 0 Å². The predicted octanol–water partition coefficient (Wildman–Crippen LogP) is 3.24. The summed E-state index contributed by atoms with van der Waals surface area (Å²) >= 11 is 0. The minimum atomic E-state index is -2.36. The van der Waals surface area contributed by atoms with Crippen LogP contribution in [0.2, 0.25) is 0 Å². The molecule has 0 amide bonds. The Morgan fingerprint density at radius 1 is 0.630 bits per heavy atom. The number of hydrogen-bond acceptors (Lipinski definition) is 2. The molecular formula is C24H29O2P. The quantitative estimate of drug-likeness (QED) is 0.442. The predicted molar refractivity (Wildman–Crippen MR) is 118 cm³/mol.